The summed E-state index contributed by atoms with van der Waals surface area (Å²) in [6, 6.07) is 22.4. The maximum atomic E-state index is 10.6. The number of unbranched alkanes of at least 4 members (excludes halogenated alkanes) is 1. The Kier molecular flexibility index (Phi) is 20.6. The average Bonchev–Trinajstić information content (AvgIpc) is 2.99. The van der Waals surface area contributed by atoms with Gasteiger partial charge in [-0.15, -0.1) is 0 Å². The number of amides is 1. The van der Waals surface area contributed by atoms with Gasteiger partial charge in [-0.25, -0.2) is 4.79 Å². The molecule has 0 aliphatic rings. The Morgan fingerprint density at radius 1 is 0.881 bits per heavy atom. The first-order chi connectivity index (χ1) is 20.1. The first-order valence-electron chi connectivity index (χ1n) is 13.2. The Balaban J connectivity index is 0.000000537. The molecule has 3 rings (SSSR count). The number of ether oxygens (including phenoxy) is 1. The molecule has 9 N–H and O–H groups in total. The average molecular weight is 583 g/mol. The molecule has 11 nitrogen and oxygen atoms in total. The van der Waals surface area contributed by atoms with E-state index in [9.17, 15) is 19.2 Å². The highest BCUT2D eigenvalue weighted by molar-refractivity contribution is 5.89. The summed E-state index contributed by atoms with van der Waals surface area (Å²) in [6.07, 6.45) is 3.91. The maximum Gasteiger partial charge on any atom is 0.335 e. The zero-order valence-electron chi connectivity index (χ0n) is 24.1. The van der Waals surface area contributed by atoms with Crippen LogP contribution in [0.2, 0.25) is 0 Å². The van der Waals surface area contributed by atoms with Crippen LogP contribution in [0, 0.1) is 0 Å². The van der Waals surface area contributed by atoms with Gasteiger partial charge in [0.1, 0.15) is 18.1 Å². The molecule has 0 bridgehead atoms. The third-order valence-electron chi connectivity index (χ3n) is 5.27. The molecule has 0 spiro atoms. The first kappa shape index (κ1) is 37.4. The molecule has 0 aliphatic carbocycles. The summed E-state index contributed by atoms with van der Waals surface area (Å²) in [4.78, 5) is 41.3. The maximum absolute atomic E-state index is 10.6. The molecular formula is C31H42N4O7. The van der Waals surface area contributed by atoms with Gasteiger partial charge in [-0.05, 0) is 86.4 Å². The summed E-state index contributed by atoms with van der Waals surface area (Å²) in [5.41, 5.74) is 18.7. The fraction of sp³-hybridized carbons (Fsp3) is 0.290. The molecule has 3 aromatic carbocycles. The van der Waals surface area contributed by atoms with Gasteiger partial charge < -0.3 is 37.5 Å². The molecule has 0 fully saturated rings. The van der Waals surface area contributed by atoms with E-state index < -0.39 is 18.0 Å². The van der Waals surface area contributed by atoms with E-state index in [0.29, 0.717) is 30.0 Å². The van der Waals surface area contributed by atoms with E-state index in [1.807, 2.05) is 18.2 Å². The SMILES string of the molecule is CC(=O)Nc1ccc(C=O)cc1.COc1ccc(C(=O)O)cc1.NCCCCC(N)C(=O)O.NCCc1ccccc1. The first-order valence-corrected chi connectivity index (χ1v) is 13.2. The standard InChI is InChI=1S/C9H9NO2.C8H11N.C8H8O3.C6H14N2O2/c1-7(12)10-9-4-2-8(6-11)3-5-9;9-7-6-8-4-2-1-3-5-8;1-11-7-4-2-6(3-5-7)8(9)10;7-4-2-1-3-5(8)6(9)10/h2-6H,1H3,(H,10,12);1-5H,6-7,9H2;2-5H,1H3,(H,9,10);5H,1-4,7-8H2,(H,9,10). The fourth-order valence-corrected chi connectivity index (χ4v) is 3.03. The van der Waals surface area contributed by atoms with E-state index in [2.05, 4.69) is 17.4 Å². The summed E-state index contributed by atoms with van der Waals surface area (Å²) in [7, 11) is 1.54. The van der Waals surface area contributed by atoms with E-state index in [-0.39, 0.29) is 11.5 Å². The second-order valence-electron chi connectivity index (χ2n) is 8.71. The number of anilines is 1. The van der Waals surface area contributed by atoms with Crippen LogP contribution in [0.15, 0.2) is 78.9 Å². The van der Waals surface area contributed by atoms with Crippen molar-refractivity contribution in [2.24, 2.45) is 17.2 Å². The number of nitrogens with one attached hydrogen (secondary N) is 1. The Hall–Kier alpha value is -4.58. The van der Waals surface area contributed by atoms with Crippen LogP contribution in [-0.4, -0.2) is 60.6 Å². The van der Waals surface area contributed by atoms with Gasteiger partial charge in [0.25, 0.3) is 0 Å². The monoisotopic (exact) mass is 582 g/mol. The number of carboxylic acid groups (broad SMARTS) is 2. The predicted molar refractivity (Wildman–Crippen MR) is 164 cm³/mol. The van der Waals surface area contributed by atoms with Crippen molar-refractivity contribution in [2.75, 3.05) is 25.5 Å². The van der Waals surface area contributed by atoms with Crippen molar-refractivity contribution in [3.63, 3.8) is 0 Å². The number of rotatable bonds is 11. The lowest BCUT2D eigenvalue weighted by atomic mass is 10.1. The van der Waals surface area contributed by atoms with E-state index >= 15 is 0 Å². The fourth-order valence-electron chi connectivity index (χ4n) is 3.03. The molecule has 0 aliphatic heterocycles. The largest absolute Gasteiger partial charge is 0.497 e. The van der Waals surface area contributed by atoms with Crippen molar-refractivity contribution in [1.29, 1.82) is 0 Å². The summed E-state index contributed by atoms with van der Waals surface area (Å²) in [6.45, 7) is 2.78. The van der Waals surface area contributed by atoms with Gasteiger partial charge in [0.05, 0.1) is 12.7 Å². The number of benzene rings is 3. The minimum absolute atomic E-state index is 0.117. The molecule has 1 atom stereocenters. The molecule has 1 amide bonds. The van der Waals surface area contributed by atoms with Crippen molar-refractivity contribution in [1.82, 2.24) is 0 Å². The number of carbonyl (C=O) groups is 4. The Bertz CT molecular complexity index is 1170. The molecular weight excluding hydrogens is 540 g/mol. The van der Waals surface area contributed by atoms with Gasteiger partial charge in [-0.3, -0.25) is 14.4 Å². The smallest absolute Gasteiger partial charge is 0.335 e. The van der Waals surface area contributed by atoms with Gasteiger partial charge >= 0.3 is 11.9 Å². The lowest BCUT2D eigenvalue weighted by Gasteiger charge is -2.03. The van der Waals surface area contributed by atoms with Crippen LogP contribution in [0.4, 0.5) is 5.69 Å². The van der Waals surface area contributed by atoms with Crippen LogP contribution in [0.5, 0.6) is 5.75 Å². The number of aldehydes is 1. The van der Waals surface area contributed by atoms with Crippen LogP contribution >= 0.6 is 0 Å². The van der Waals surface area contributed by atoms with Crippen LogP contribution in [0.1, 0.15) is 52.5 Å². The highest BCUT2D eigenvalue weighted by atomic mass is 16.5. The quantitative estimate of drug-likeness (QED) is 0.143. The number of carboxylic acids is 2. The molecule has 0 saturated carbocycles. The molecule has 228 valence electrons. The Morgan fingerprint density at radius 3 is 1.90 bits per heavy atom. The Morgan fingerprint density at radius 2 is 1.48 bits per heavy atom. The summed E-state index contributed by atoms with van der Waals surface area (Å²) in [5.74, 6) is -1.31. The van der Waals surface area contributed by atoms with E-state index in [1.54, 1.807) is 36.4 Å². The molecule has 0 aromatic heterocycles. The number of aromatic carboxylic acids is 1. The topological polar surface area (TPSA) is 208 Å². The van der Waals surface area contributed by atoms with Crippen molar-refractivity contribution < 1.29 is 34.1 Å². The van der Waals surface area contributed by atoms with E-state index in [0.717, 1.165) is 32.1 Å². The minimum Gasteiger partial charge on any atom is -0.497 e. The van der Waals surface area contributed by atoms with Crippen LogP contribution < -0.4 is 27.3 Å². The molecule has 1 unspecified atom stereocenters. The number of aliphatic carboxylic acids is 1. The van der Waals surface area contributed by atoms with Gasteiger partial charge in [0, 0.05) is 18.2 Å². The summed E-state index contributed by atoms with van der Waals surface area (Å²) >= 11 is 0. The number of nitrogens with two attached hydrogens (primary N) is 3. The molecule has 11 heteroatoms. The normalized spacial score (nSPS) is 10.1. The number of hydrogen-bond acceptors (Lipinski definition) is 8. The zero-order valence-corrected chi connectivity index (χ0v) is 24.1. The second kappa shape index (κ2) is 23.2. The third-order valence-corrected chi connectivity index (χ3v) is 5.27. The lowest BCUT2D eigenvalue weighted by Crippen LogP contribution is -2.29. The lowest BCUT2D eigenvalue weighted by molar-refractivity contribution is -0.138. The van der Waals surface area contributed by atoms with Crippen LogP contribution in [0.25, 0.3) is 0 Å². The number of methoxy groups -OCH3 is 1. The van der Waals surface area contributed by atoms with Crippen molar-refractivity contribution in [3.8, 4) is 5.75 Å². The van der Waals surface area contributed by atoms with Gasteiger partial charge in [0.15, 0.2) is 0 Å². The Labute approximate surface area is 246 Å². The summed E-state index contributed by atoms with van der Waals surface area (Å²) in [5, 5.41) is 19.4. The highest BCUT2D eigenvalue weighted by Gasteiger charge is 2.09. The summed E-state index contributed by atoms with van der Waals surface area (Å²) < 4.78 is 4.86. The van der Waals surface area contributed by atoms with Gasteiger partial charge in [0.2, 0.25) is 5.91 Å². The molecule has 0 saturated heterocycles. The molecule has 3 aromatic rings. The van der Waals surface area contributed by atoms with E-state index in [4.69, 9.17) is 32.2 Å². The molecule has 0 radical (unpaired) electrons. The van der Waals surface area contributed by atoms with Crippen molar-refractivity contribution >= 4 is 29.8 Å². The van der Waals surface area contributed by atoms with Crippen molar-refractivity contribution in [3.05, 3.63) is 95.6 Å². The van der Waals surface area contributed by atoms with E-state index in [1.165, 1.54) is 31.7 Å². The van der Waals surface area contributed by atoms with Crippen LogP contribution in [0.3, 0.4) is 0 Å². The molecule has 42 heavy (non-hydrogen) atoms. The van der Waals surface area contributed by atoms with Gasteiger partial charge in [-0.1, -0.05) is 36.8 Å². The highest BCUT2D eigenvalue weighted by Crippen LogP contribution is 2.10. The van der Waals surface area contributed by atoms with Crippen molar-refractivity contribution in [2.45, 2.75) is 38.6 Å². The number of hydrogen-bond donors (Lipinski definition) is 6. The third kappa shape index (κ3) is 18.7. The zero-order chi connectivity index (χ0) is 31.8. The minimum atomic E-state index is -0.933. The second-order valence-corrected chi connectivity index (χ2v) is 8.71. The predicted octanol–water partition coefficient (Wildman–Crippen LogP) is 3.57. The van der Waals surface area contributed by atoms with Gasteiger partial charge in [-0.2, -0.15) is 0 Å². The number of carbonyl (C=O) groups excluding carboxylic acids is 2. The molecule has 0 heterocycles. The van der Waals surface area contributed by atoms with Crippen LogP contribution in [-0.2, 0) is 16.0 Å².